The van der Waals surface area contributed by atoms with E-state index in [1.807, 2.05) is 6.07 Å². The quantitative estimate of drug-likeness (QED) is 0.653. The number of hydrogen-bond donors (Lipinski definition) is 0. The normalized spacial score (nSPS) is 10.9. The number of furan rings is 1. The molecule has 0 N–H and O–H groups in total. The molecule has 0 aliphatic heterocycles. The van der Waals surface area contributed by atoms with Gasteiger partial charge in [-0.2, -0.15) is 0 Å². The molecule has 84 valence electrons. The van der Waals surface area contributed by atoms with E-state index >= 15 is 0 Å². The number of hydrogen-bond acceptors (Lipinski definition) is 3. The van der Waals surface area contributed by atoms with Crippen molar-refractivity contribution in [2.75, 3.05) is 0 Å². The summed E-state index contributed by atoms with van der Waals surface area (Å²) in [5.74, 6) is 1.19. The van der Waals surface area contributed by atoms with Crippen LogP contribution in [0.4, 0.5) is 0 Å². The summed E-state index contributed by atoms with van der Waals surface area (Å²) in [5, 5.41) is 0.309. The monoisotopic (exact) mass is 246 g/mol. The van der Waals surface area contributed by atoms with Gasteiger partial charge < -0.3 is 4.42 Å². The number of rotatable bonds is 2. The molecule has 5 heteroatoms. The van der Waals surface area contributed by atoms with Gasteiger partial charge in [-0.15, -0.1) is 0 Å². The first-order valence-electron chi connectivity index (χ1n) is 4.96. The molecule has 4 nitrogen and oxygen atoms in total. The predicted octanol–water partition coefficient (Wildman–Crippen LogP) is 3.06. The lowest BCUT2D eigenvalue weighted by atomic mass is 10.3. The fourth-order valence-corrected chi connectivity index (χ4v) is 1.84. The van der Waals surface area contributed by atoms with Crippen LogP contribution in [0.3, 0.4) is 0 Å². The van der Waals surface area contributed by atoms with Crippen molar-refractivity contribution < 1.29 is 9.21 Å². The lowest BCUT2D eigenvalue weighted by molar-refractivity contribution is 0.112. The minimum absolute atomic E-state index is 0.309. The number of imidazole rings is 1. The van der Waals surface area contributed by atoms with E-state index in [1.165, 1.54) is 0 Å². The van der Waals surface area contributed by atoms with E-state index < -0.39 is 0 Å². The van der Waals surface area contributed by atoms with Crippen LogP contribution in [-0.2, 0) is 0 Å². The van der Waals surface area contributed by atoms with Gasteiger partial charge in [-0.05, 0) is 35.9 Å². The fraction of sp³-hybridized carbons (Fsp3) is 0. The first-order chi connectivity index (χ1) is 8.28. The average molecular weight is 247 g/mol. The molecule has 3 rings (SSSR count). The molecule has 0 bridgehead atoms. The highest BCUT2D eigenvalue weighted by Crippen LogP contribution is 2.24. The van der Waals surface area contributed by atoms with Crippen molar-refractivity contribution in [3.63, 3.8) is 0 Å². The van der Waals surface area contributed by atoms with Gasteiger partial charge in [0, 0.05) is 11.8 Å². The van der Waals surface area contributed by atoms with E-state index in [0.717, 1.165) is 11.8 Å². The second-order valence-electron chi connectivity index (χ2n) is 3.56. The Bertz CT molecular complexity index is 699. The topological polar surface area (TPSA) is 47.5 Å². The van der Waals surface area contributed by atoms with Crippen LogP contribution in [0.5, 0.6) is 0 Å². The Morgan fingerprint density at radius 2 is 2.18 bits per heavy atom. The fourth-order valence-electron chi connectivity index (χ4n) is 1.69. The second kappa shape index (κ2) is 3.75. The highest BCUT2D eigenvalue weighted by atomic mass is 35.5. The van der Waals surface area contributed by atoms with E-state index in [0.29, 0.717) is 22.4 Å². The van der Waals surface area contributed by atoms with Crippen LogP contribution in [0, 0.1) is 0 Å². The molecule has 3 heterocycles. The van der Waals surface area contributed by atoms with Crippen LogP contribution in [0.1, 0.15) is 10.4 Å². The SMILES string of the molecule is O=Cc1ccc2cnc(-c3ccc(Cl)o3)n2c1. The molecule has 0 saturated carbocycles. The Hall–Kier alpha value is -2.07. The van der Waals surface area contributed by atoms with Gasteiger partial charge in [0.1, 0.15) is 0 Å². The number of fused-ring (bicyclic) bond motifs is 1. The molecule has 0 atom stereocenters. The molecule has 0 spiro atoms. The molecule has 0 radical (unpaired) electrons. The Balaban J connectivity index is 2.26. The number of halogens is 1. The maximum Gasteiger partial charge on any atom is 0.194 e. The van der Waals surface area contributed by atoms with E-state index in [1.54, 1.807) is 35.0 Å². The van der Waals surface area contributed by atoms with Gasteiger partial charge in [0.25, 0.3) is 0 Å². The third-order valence-corrected chi connectivity index (χ3v) is 2.68. The molecular formula is C12H7ClN2O2. The number of pyridine rings is 1. The smallest absolute Gasteiger partial charge is 0.194 e. The van der Waals surface area contributed by atoms with Gasteiger partial charge in [0.2, 0.25) is 0 Å². The zero-order valence-electron chi connectivity index (χ0n) is 8.63. The van der Waals surface area contributed by atoms with Gasteiger partial charge in [-0.25, -0.2) is 4.98 Å². The third-order valence-electron chi connectivity index (χ3n) is 2.48. The summed E-state index contributed by atoms with van der Waals surface area (Å²) in [6.45, 7) is 0. The molecule has 0 fully saturated rings. The van der Waals surface area contributed by atoms with Crippen molar-refractivity contribution in [3.8, 4) is 11.6 Å². The Labute approximate surface area is 101 Å². The molecule has 0 aliphatic carbocycles. The van der Waals surface area contributed by atoms with Gasteiger partial charge in [0.05, 0.1) is 11.7 Å². The minimum atomic E-state index is 0.309. The van der Waals surface area contributed by atoms with Crippen molar-refractivity contribution in [3.05, 3.63) is 47.4 Å². The second-order valence-corrected chi connectivity index (χ2v) is 3.93. The largest absolute Gasteiger partial charge is 0.441 e. The summed E-state index contributed by atoms with van der Waals surface area (Å²) < 4.78 is 7.09. The Morgan fingerprint density at radius 1 is 1.29 bits per heavy atom. The van der Waals surface area contributed by atoms with Crippen molar-refractivity contribution in [2.24, 2.45) is 0 Å². The lowest BCUT2D eigenvalue weighted by Gasteiger charge is -1.98. The van der Waals surface area contributed by atoms with Crippen LogP contribution in [0.25, 0.3) is 17.1 Å². The van der Waals surface area contributed by atoms with Crippen LogP contribution in [0.15, 0.2) is 41.1 Å². The minimum Gasteiger partial charge on any atom is -0.441 e. The number of carbonyl (C=O) groups excluding carboxylic acids is 1. The average Bonchev–Trinajstić information content (AvgIpc) is 2.93. The van der Waals surface area contributed by atoms with Crippen molar-refractivity contribution >= 4 is 23.4 Å². The zero-order valence-corrected chi connectivity index (χ0v) is 9.39. The van der Waals surface area contributed by atoms with Crippen LogP contribution in [-0.4, -0.2) is 15.7 Å². The summed E-state index contributed by atoms with van der Waals surface area (Å²) in [4.78, 5) is 15.0. The van der Waals surface area contributed by atoms with Crippen molar-refractivity contribution in [1.82, 2.24) is 9.38 Å². The van der Waals surface area contributed by atoms with Crippen LogP contribution < -0.4 is 0 Å². The van der Waals surface area contributed by atoms with Gasteiger partial charge in [-0.3, -0.25) is 9.20 Å². The zero-order chi connectivity index (χ0) is 11.8. The number of carbonyl (C=O) groups is 1. The van der Waals surface area contributed by atoms with Gasteiger partial charge in [-0.1, -0.05) is 0 Å². The van der Waals surface area contributed by atoms with E-state index in [2.05, 4.69) is 4.98 Å². The summed E-state index contributed by atoms with van der Waals surface area (Å²) >= 11 is 5.73. The maximum atomic E-state index is 10.7. The first kappa shape index (κ1) is 10.1. The first-order valence-corrected chi connectivity index (χ1v) is 5.34. The lowest BCUT2D eigenvalue weighted by Crippen LogP contribution is -1.90. The molecule has 0 saturated heterocycles. The number of aromatic nitrogens is 2. The molecule has 17 heavy (non-hydrogen) atoms. The number of nitrogens with zero attached hydrogens (tertiary/aromatic N) is 2. The van der Waals surface area contributed by atoms with Gasteiger partial charge in [0.15, 0.2) is 23.1 Å². The van der Waals surface area contributed by atoms with E-state index in [9.17, 15) is 4.79 Å². The molecule has 3 aromatic heterocycles. The van der Waals surface area contributed by atoms with Gasteiger partial charge >= 0.3 is 0 Å². The van der Waals surface area contributed by atoms with E-state index in [4.69, 9.17) is 16.0 Å². The molecule has 0 aromatic carbocycles. The standard InChI is InChI=1S/C12H7ClN2O2/c13-11-4-3-10(17-11)12-14-5-9-2-1-8(7-16)6-15(9)12/h1-7H. The Morgan fingerprint density at radius 3 is 2.88 bits per heavy atom. The van der Waals surface area contributed by atoms with E-state index in [-0.39, 0.29) is 0 Å². The summed E-state index contributed by atoms with van der Waals surface area (Å²) in [5.41, 5.74) is 1.47. The molecule has 3 aromatic rings. The molecule has 0 unspecified atom stereocenters. The Kier molecular flexibility index (Phi) is 2.23. The molecule has 0 aliphatic rings. The maximum absolute atomic E-state index is 10.7. The van der Waals surface area contributed by atoms with Crippen LogP contribution in [0.2, 0.25) is 5.22 Å². The highest BCUT2D eigenvalue weighted by Gasteiger charge is 2.10. The van der Waals surface area contributed by atoms with Crippen molar-refractivity contribution in [1.29, 1.82) is 0 Å². The summed E-state index contributed by atoms with van der Waals surface area (Å²) in [6, 6.07) is 6.96. The highest BCUT2D eigenvalue weighted by molar-refractivity contribution is 6.28. The molecular weight excluding hydrogens is 240 g/mol. The summed E-state index contributed by atoms with van der Waals surface area (Å²) in [7, 11) is 0. The summed E-state index contributed by atoms with van der Waals surface area (Å²) in [6.07, 6.45) is 4.21. The predicted molar refractivity (Wildman–Crippen MR) is 63.3 cm³/mol. The van der Waals surface area contributed by atoms with Crippen molar-refractivity contribution in [2.45, 2.75) is 0 Å². The molecule has 0 amide bonds. The number of aldehydes is 1. The third kappa shape index (κ3) is 1.62. The van der Waals surface area contributed by atoms with Crippen LogP contribution >= 0.6 is 11.6 Å².